The lowest BCUT2D eigenvalue weighted by molar-refractivity contribution is -0.137. The van der Waals surface area contributed by atoms with Crippen LogP contribution in [0.2, 0.25) is 0 Å². The number of hydrogen-bond acceptors (Lipinski definition) is 6. The number of ether oxygens (including phenoxy) is 2. The summed E-state index contributed by atoms with van der Waals surface area (Å²) in [6.45, 7) is 0. The highest BCUT2D eigenvalue weighted by Crippen LogP contribution is 2.32. The zero-order valence-electron chi connectivity index (χ0n) is 15.9. The van der Waals surface area contributed by atoms with E-state index >= 15 is 0 Å². The maximum atomic E-state index is 12.8. The van der Waals surface area contributed by atoms with Gasteiger partial charge in [0.2, 0.25) is 5.88 Å². The number of nitrogens with one attached hydrogen (secondary N) is 1. The fraction of sp³-hybridized carbons (Fsp3) is 0.100. The van der Waals surface area contributed by atoms with Crippen molar-refractivity contribution in [2.45, 2.75) is 11.1 Å². The van der Waals surface area contributed by atoms with Crippen molar-refractivity contribution in [1.29, 1.82) is 0 Å². The molecule has 7 nitrogen and oxygen atoms in total. The van der Waals surface area contributed by atoms with Crippen LogP contribution in [0.25, 0.3) is 0 Å². The number of carbonyl (C=O) groups excluding carboxylic acids is 1. The number of nitrogens with zero attached hydrogens (tertiary/aromatic N) is 1. The van der Waals surface area contributed by atoms with Crippen molar-refractivity contribution in [3.05, 3.63) is 78.0 Å². The minimum atomic E-state index is -4.55. The monoisotopic (exact) mass is 452 g/mol. The molecule has 0 aliphatic rings. The van der Waals surface area contributed by atoms with Crippen LogP contribution in [0.3, 0.4) is 0 Å². The summed E-state index contributed by atoms with van der Waals surface area (Å²) >= 11 is 0. The molecule has 31 heavy (non-hydrogen) atoms. The van der Waals surface area contributed by atoms with E-state index in [0.29, 0.717) is 5.75 Å². The molecule has 1 amide bonds. The van der Waals surface area contributed by atoms with Crippen LogP contribution >= 0.6 is 0 Å². The molecule has 1 aromatic heterocycles. The van der Waals surface area contributed by atoms with Gasteiger partial charge in [0.05, 0.1) is 17.6 Å². The van der Waals surface area contributed by atoms with Crippen molar-refractivity contribution in [3.8, 4) is 17.4 Å². The van der Waals surface area contributed by atoms with Crippen LogP contribution in [0.15, 0.2) is 71.6 Å². The smallest absolute Gasteiger partial charge is 0.416 e. The molecule has 11 heteroatoms. The normalized spacial score (nSPS) is 11.6. The van der Waals surface area contributed by atoms with E-state index < -0.39 is 27.7 Å². The lowest BCUT2D eigenvalue weighted by atomic mass is 10.2. The molecular formula is C20H15F3N2O5S. The van der Waals surface area contributed by atoms with Gasteiger partial charge in [-0.05, 0) is 48.5 Å². The Bertz CT molecular complexity index is 1200. The topological polar surface area (TPSA) is 94.6 Å². The molecule has 3 rings (SSSR count). The second kappa shape index (κ2) is 8.64. The van der Waals surface area contributed by atoms with E-state index in [-0.39, 0.29) is 22.2 Å². The maximum absolute atomic E-state index is 12.8. The summed E-state index contributed by atoms with van der Waals surface area (Å²) in [5, 5.41) is 0. The molecule has 1 heterocycles. The predicted octanol–water partition coefficient (Wildman–Crippen LogP) is 4.02. The number of benzene rings is 2. The minimum absolute atomic E-state index is 0.147. The summed E-state index contributed by atoms with van der Waals surface area (Å²) in [5.74, 6) is -0.934. The van der Waals surface area contributed by atoms with Gasteiger partial charge in [0.25, 0.3) is 15.9 Å². The lowest BCUT2D eigenvalue weighted by Crippen LogP contribution is -2.31. The van der Waals surface area contributed by atoms with Crippen molar-refractivity contribution in [2.24, 2.45) is 0 Å². The second-order valence-electron chi connectivity index (χ2n) is 6.10. The Morgan fingerprint density at radius 1 is 0.968 bits per heavy atom. The Hall–Kier alpha value is -3.60. The molecule has 162 valence electrons. The molecular weight excluding hydrogens is 437 g/mol. The van der Waals surface area contributed by atoms with Crippen molar-refractivity contribution in [1.82, 2.24) is 9.71 Å². The first-order valence-corrected chi connectivity index (χ1v) is 10.1. The van der Waals surface area contributed by atoms with Gasteiger partial charge in [-0.1, -0.05) is 12.1 Å². The fourth-order valence-corrected chi connectivity index (χ4v) is 3.40. The van der Waals surface area contributed by atoms with Crippen LogP contribution in [-0.2, 0) is 16.2 Å². The zero-order valence-corrected chi connectivity index (χ0v) is 16.7. The molecule has 0 atom stereocenters. The number of sulfonamides is 1. The quantitative estimate of drug-likeness (QED) is 0.607. The van der Waals surface area contributed by atoms with E-state index in [1.165, 1.54) is 55.6 Å². The van der Waals surface area contributed by atoms with E-state index in [9.17, 15) is 26.4 Å². The lowest BCUT2D eigenvalue weighted by Gasteiger charge is -2.10. The van der Waals surface area contributed by atoms with Crippen LogP contribution in [0.4, 0.5) is 13.2 Å². The third-order valence-corrected chi connectivity index (χ3v) is 5.28. The summed E-state index contributed by atoms with van der Waals surface area (Å²) in [6.07, 6.45) is -4.55. The summed E-state index contributed by atoms with van der Waals surface area (Å²) in [6, 6.07) is 13.4. The van der Waals surface area contributed by atoms with Crippen LogP contribution in [0.1, 0.15) is 16.1 Å². The van der Waals surface area contributed by atoms with Gasteiger partial charge in [-0.3, -0.25) is 4.79 Å². The third kappa shape index (κ3) is 5.51. The van der Waals surface area contributed by atoms with Gasteiger partial charge in [-0.15, -0.1) is 0 Å². The molecule has 0 aliphatic carbocycles. The number of halogens is 3. The van der Waals surface area contributed by atoms with E-state index in [1.54, 1.807) is 0 Å². The number of alkyl halides is 3. The van der Waals surface area contributed by atoms with E-state index in [2.05, 4.69) is 4.98 Å². The highest BCUT2D eigenvalue weighted by Gasteiger charge is 2.30. The van der Waals surface area contributed by atoms with Crippen molar-refractivity contribution in [3.63, 3.8) is 0 Å². The standard InChI is InChI=1S/C20H15F3N2O5S/c1-29-14-8-10-16(11-9-14)31(27,28)25-19(26)17-6-3-7-18(24-17)30-15-5-2-4-13(12-15)20(21,22)23/h2-12H,1H3,(H,25,26). The zero-order chi connectivity index (χ0) is 22.6. The fourth-order valence-electron chi connectivity index (χ4n) is 2.44. The van der Waals surface area contributed by atoms with Crippen LogP contribution < -0.4 is 14.2 Å². The Kier molecular flexibility index (Phi) is 6.16. The number of aromatic nitrogens is 1. The highest BCUT2D eigenvalue weighted by atomic mass is 32.2. The molecule has 2 aromatic carbocycles. The van der Waals surface area contributed by atoms with E-state index in [0.717, 1.165) is 18.2 Å². The number of carbonyl (C=O) groups is 1. The van der Waals surface area contributed by atoms with Crippen LogP contribution in [-0.4, -0.2) is 26.4 Å². The first-order valence-electron chi connectivity index (χ1n) is 8.62. The van der Waals surface area contributed by atoms with E-state index in [4.69, 9.17) is 9.47 Å². The van der Waals surface area contributed by atoms with Gasteiger partial charge in [-0.25, -0.2) is 18.1 Å². The van der Waals surface area contributed by atoms with Crippen molar-refractivity contribution in [2.75, 3.05) is 7.11 Å². The van der Waals surface area contributed by atoms with Crippen LogP contribution in [0, 0.1) is 0 Å². The third-order valence-electron chi connectivity index (χ3n) is 3.94. The van der Waals surface area contributed by atoms with Gasteiger partial charge in [0, 0.05) is 6.07 Å². The minimum Gasteiger partial charge on any atom is -0.497 e. The summed E-state index contributed by atoms with van der Waals surface area (Å²) in [5.41, 5.74) is -1.22. The van der Waals surface area contributed by atoms with Gasteiger partial charge in [0.1, 0.15) is 17.2 Å². The van der Waals surface area contributed by atoms with Crippen molar-refractivity contribution >= 4 is 15.9 Å². The number of pyridine rings is 1. The molecule has 0 spiro atoms. The maximum Gasteiger partial charge on any atom is 0.416 e. The number of methoxy groups -OCH3 is 1. The van der Waals surface area contributed by atoms with Crippen LogP contribution in [0.5, 0.6) is 17.4 Å². The first kappa shape index (κ1) is 22.1. The first-order chi connectivity index (χ1) is 14.6. The second-order valence-corrected chi connectivity index (χ2v) is 7.78. The Morgan fingerprint density at radius 2 is 1.65 bits per heavy atom. The summed E-state index contributed by atoms with van der Waals surface area (Å²) < 4.78 is 75.4. The largest absolute Gasteiger partial charge is 0.497 e. The Labute approximate surface area is 175 Å². The van der Waals surface area contributed by atoms with Crippen molar-refractivity contribution < 1.29 is 35.9 Å². The Balaban J connectivity index is 1.77. The molecule has 0 radical (unpaired) electrons. The predicted molar refractivity (Wildman–Crippen MR) is 103 cm³/mol. The van der Waals surface area contributed by atoms with Gasteiger partial charge in [-0.2, -0.15) is 13.2 Å². The molecule has 0 aliphatic heterocycles. The highest BCUT2D eigenvalue weighted by molar-refractivity contribution is 7.90. The molecule has 0 saturated carbocycles. The summed E-state index contributed by atoms with van der Waals surface area (Å²) in [4.78, 5) is 16.1. The Morgan fingerprint density at radius 3 is 2.29 bits per heavy atom. The van der Waals surface area contributed by atoms with Gasteiger partial charge >= 0.3 is 6.18 Å². The molecule has 1 N–H and O–H groups in total. The number of amides is 1. The summed E-state index contributed by atoms with van der Waals surface area (Å²) in [7, 11) is -2.77. The van der Waals surface area contributed by atoms with Gasteiger partial charge < -0.3 is 9.47 Å². The molecule has 0 fully saturated rings. The number of hydrogen-bond donors (Lipinski definition) is 1. The molecule has 0 saturated heterocycles. The number of rotatable bonds is 6. The average molecular weight is 452 g/mol. The molecule has 0 bridgehead atoms. The molecule has 3 aromatic rings. The average Bonchev–Trinajstić information content (AvgIpc) is 2.73. The van der Waals surface area contributed by atoms with Gasteiger partial charge in [0.15, 0.2) is 0 Å². The SMILES string of the molecule is COc1ccc(S(=O)(=O)NC(=O)c2cccc(Oc3cccc(C(F)(F)F)c3)n2)cc1. The molecule has 0 unspecified atom stereocenters. The van der Waals surface area contributed by atoms with E-state index in [1.807, 2.05) is 4.72 Å².